The molecule has 158 valence electrons. The number of carboxylic acids is 1. The smallest absolute Gasteiger partial charge is 0.325 e. The van der Waals surface area contributed by atoms with Crippen LogP contribution in [0, 0.1) is 0 Å². The molecule has 0 atom stereocenters. The second kappa shape index (κ2) is 8.95. The van der Waals surface area contributed by atoms with Gasteiger partial charge in [0.05, 0.1) is 30.4 Å². The molecule has 1 saturated heterocycles. The summed E-state index contributed by atoms with van der Waals surface area (Å²) in [6.45, 7) is 3.43. The van der Waals surface area contributed by atoms with Gasteiger partial charge in [-0.3, -0.25) is 14.4 Å². The van der Waals surface area contributed by atoms with Crippen molar-refractivity contribution in [3.63, 3.8) is 0 Å². The highest BCUT2D eigenvalue weighted by molar-refractivity contribution is 5.87. The zero-order valence-corrected chi connectivity index (χ0v) is 16.7. The van der Waals surface area contributed by atoms with Gasteiger partial charge in [-0.15, -0.1) is 0 Å². The van der Waals surface area contributed by atoms with E-state index in [1.807, 2.05) is 0 Å². The van der Waals surface area contributed by atoms with Gasteiger partial charge < -0.3 is 19.3 Å². The molecule has 1 fully saturated rings. The van der Waals surface area contributed by atoms with Crippen molar-refractivity contribution >= 4 is 16.9 Å². The number of hydrogen-bond donors (Lipinski definition) is 1. The Morgan fingerprint density at radius 3 is 2.80 bits per heavy atom. The summed E-state index contributed by atoms with van der Waals surface area (Å²) in [7, 11) is 1.58. The average Bonchev–Trinajstić information content (AvgIpc) is 3.39. The number of hydrogen-bond acceptors (Lipinski definition) is 8. The predicted molar refractivity (Wildman–Crippen MR) is 107 cm³/mol. The van der Waals surface area contributed by atoms with Crippen LogP contribution in [-0.2, 0) is 11.3 Å². The first-order chi connectivity index (χ1) is 14.6. The zero-order valence-electron chi connectivity index (χ0n) is 16.7. The first-order valence-electron chi connectivity index (χ1n) is 9.72. The number of nitrogens with zero attached hydrogens (tertiary/aromatic N) is 5. The van der Waals surface area contributed by atoms with E-state index >= 15 is 0 Å². The summed E-state index contributed by atoms with van der Waals surface area (Å²) >= 11 is 0. The first kappa shape index (κ1) is 19.9. The number of carboxylic acid groups (broad SMARTS) is 1. The van der Waals surface area contributed by atoms with Crippen molar-refractivity contribution < 1.29 is 24.1 Å². The van der Waals surface area contributed by atoms with Gasteiger partial charge in [-0.2, -0.15) is 5.10 Å². The average molecular weight is 413 g/mol. The van der Waals surface area contributed by atoms with Gasteiger partial charge in [0.25, 0.3) is 0 Å². The van der Waals surface area contributed by atoms with Crippen molar-refractivity contribution in [2.45, 2.75) is 19.4 Å². The SMILES string of the molecule is COc1cc2c(Oc3cnn(CC(=O)O)c3)ncnc2cc1OCCN1CCCC1. The summed E-state index contributed by atoms with van der Waals surface area (Å²) < 4.78 is 18.5. The standard InChI is InChI=1S/C20H23N5O5/c1-28-17-8-15-16(9-18(17)29-7-6-24-4-2-3-5-24)21-13-22-20(15)30-14-10-23-25(11-14)12-19(26)27/h8-11,13H,2-7,12H2,1H3,(H,26,27). The fourth-order valence-electron chi connectivity index (χ4n) is 3.42. The van der Waals surface area contributed by atoms with E-state index in [1.54, 1.807) is 19.2 Å². The largest absolute Gasteiger partial charge is 0.493 e. The predicted octanol–water partition coefficient (Wildman–Crippen LogP) is 2.19. The summed E-state index contributed by atoms with van der Waals surface area (Å²) in [4.78, 5) is 21.7. The van der Waals surface area contributed by atoms with Crippen LogP contribution >= 0.6 is 0 Å². The number of aromatic nitrogens is 4. The Balaban J connectivity index is 1.53. The third kappa shape index (κ3) is 4.60. The Labute approximate surface area is 173 Å². The number of benzene rings is 1. The minimum atomic E-state index is -0.987. The van der Waals surface area contributed by atoms with Gasteiger partial charge in [0.15, 0.2) is 17.2 Å². The third-order valence-electron chi connectivity index (χ3n) is 4.87. The number of aliphatic carboxylic acids is 1. The minimum Gasteiger partial charge on any atom is -0.493 e. The topological polar surface area (TPSA) is 112 Å². The van der Waals surface area contributed by atoms with E-state index in [0.29, 0.717) is 40.6 Å². The summed E-state index contributed by atoms with van der Waals surface area (Å²) in [5, 5.41) is 13.5. The normalized spacial score (nSPS) is 14.2. The number of ether oxygens (including phenoxy) is 3. The molecule has 0 bridgehead atoms. The molecule has 3 aromatic rings. The molecule has 0 aliphatic carbocycles. The third-order valence-corrected chi connectivity index (χ3v) is 4.87. The maximum Gasteiger partial charge on any atom is 0.325 e. The van der Waals surface area contributed by atoms with Gasteiger partial charge >= 0.3 is 5.97 Å². The zero-order chi connectivity index (χ0) is 20.9. The van der Waals surface area contributed by atoms with E-state index in [4.69, 9.17) is 19.3 Å². The van der Waals surface area contributed by atoms with E-state index in [2.05, 4.69) is 20.0 Å². The van der Waals surface area contributed by atoms with Crippen molar-refractivity contribution in [3.8, 4) is 23.1 Å². The van der Waals surface area contributed by atoms with Gasteiger partial charge in [0.1, 0.15) is 19.5 Å². The van der Waals surface area contributed by atoms with E-state index in [1.165, 1.54) is 36.2 Å². The highest BCUT2D eigenvalue weighted by Crippen LogP contribution is 2.36. The molecule has 1 N–H and O–H groups in total. The van der Waals surface area contributed by atoms with Crippen molar-refractivity contribution in [2.75, 3.05) is 33.4 Å². The molecule has 0 saturated carbocycles. The van der Waals surface area contributed by atoms with Crippen molar-refractivity contribution in [1.29, 1.82) is 0 Å². The Hall–Kier alpha value is -3.40. The molecule has 30 heavy (non-hydrogen) atoms. The van der Waals surface area contributed by atoms with Gasteiger partial charge in [-0.1, -0.05) is 0 Å². The molecule has 0 amide bonds. The van der Waals surface area contributed by atoms with Crippen LogP contribution in [-0.4, -0.2) is 69.1 Å². The lowest BCUT2D eigenvalue weighted by Gasteiger charge is -2.16. The number of carbonyl (C=O) groups is 1. The van der Waals surface area contributed by atoms with Crippen molar-refractivity contribution in [3.05, 3.63) is 30.9 Å². The van der Waals surface area contributed by atoms with Crippen LogP contribution in [0.15, 0.2) is 30.9 Å². The Morgan fingerprint density at radius 2 is 2.03 bits per heavy atom. The summed E-state index contributed by atoms with van der Waals surface area (Å²) in [6.07, 6.45) is 6.82. The van der Waals surface area contributed by atoms with Crippen LogP contribution in [0.2, 0.25) is 0 Å². The van der Waals surface area contributed by atoms with Crippen molar-refractivity contribution in [2.24, 2.45) is 0 Å². The molecule has 1 aromatic carbocycles. The van der Waals surface area contributed by atoms with Crippen LogP contribution in [0.25, 0.3) is 10.9 Å². The van der Waals surface area contributed by atoms with Gasteiger partial charge in [0.2, 0.25) is 5.88 Å². The molecule has 10 nitrogen and oxygen atoms in total. The molecule has 0 unspecified atom stereocenters. The second-order valence-electron chi connectivity index (χ2n) is 6.97. The lowest BCUT2D eigenvalue weighted by atomic mass is 10.2. The van der Waals surface area contributed by atoms with Crippen LogP contribution in [0.5, 0.6) is 23.1 Å². The maximum absolute atomic E-state index is 10.8. The summed E-state index contributed by atoms with van der Waals surface area (Å²) in [5.74, 6) is 0.880. The first-order valence-corrected chi connectivity index (χ1v) is 9.72. The highest BCUT2D eigenvalue weighted by Gasteiger charge is 2.15. The number of rotatable bonds is 9. The summed E-state index contributed by atoms with van der Waals surface area (Å²) in [5.41, 5.74) is 0.648. The van der Waals surface area contributed by atoms with Crippen LogP contribution < -0.4 is 14.2 Å². The molecule has 2 aromatic heterocycles. The fraction of sp³-hybridized carbons (Fsp3) is 0.400. The second-order valence-corrected chi connectivity index (χ2v) is 6.97. The number of likely N-dealkylation sites (tertiary alicyclic amines) is 1. The molecule has 4 rings (SSSR count). The molecule has 0 spiro atoms. The Morgan fingerprint density at radius 1 is 1.20 bits per heavy atom. The molecule has 10 heteroatoms. The van der Waals surface area contributed by atoms with E-state index in [0.717, 1.165) is 19.6 Å². The molecular formula is C20H23N5O5. The van der Waals surface area contributed by atoms with Gasteiger partial charge in [-0.25, -0.2) is 9.97 Å². The summed E-state index contributed by atoms with van der Waals surface area (Å²) in [6, 6.07) is 3.58. The molecule has 3 heterocycles. The Kier molecular flexibility index (Phi) is 5.94. The maximum atomic E-state index is 10.8. The number of fused-ring (bicyclic) bond motifs is 1. The lowest BCUT2D eigenvalue weighted by Crippen LogP contribution is -2.25. The minimum absolute atomic E-state index is 0.250. The van der Waals surface area contributed by atoms with Gasteiger partial charge in [0, 0.05) is 12.6 Å². The van der Waals surface area contributed by atoms with E-state index in [9.17, 15) is 4.79 Å². The fourth-order valence-corrected chi connectivity index (χ4v) is 3.42. The van der Waals surface area contributed by atoms with Crippen LogP contribution in [0.1, 0.15) is 12.8 Å². The van der Waals surface area contributed by atoms with Crippen LogP contribution in [0.3, 0.4) is 0 Å². The van der Waals surface area contributed by atoms with Crippen LogP contribution in [0.4, 0.5) is 0 Å². The highest BCUT2D eigenvalue weighted by atomic mass is 16.5. The quantitative estimate of drug-likeness (QED) is 0.564. The van der Waals surface area contributed by atoms with E-state index < -0.39 is 5.97 Å². The Bertz CT molecular complexity index is 1030. The van der Waals surface area contributed by atoms with E-state index in [-0.39, 0.29) is 6.54 Å². The molecular weight excluding hydrogens is 390 g/mol. The van der Waals surface area contributed by atoms with Gasteiger partial charge in [-0.05, 0) is 32.0 Å². The molecule has 0 radical (unpaired) electrons. The molecule has 1 aliphatic rings. The molecule has 1 aliphatic heterocycles. The monoisotopic (exact) mass is 413 g/mol. The number of methoxy groups -OCH3 is 1. The lowest BCUT2D eigenvalue weighted by molar-refractivity contribution is -0.137. The van der Waals surface area contributed by atoms with Crippen molar-refractivity contribution in [1.82, 2.24) is 24.6 Å².